The highest BCUT2D eigenvalue weighted by Crippen LogP contribution is 2.37. The van der Waals surface area contributed by atoms with Gasteiger partial charge < -0.3 is 5.73 Å². The highest BCUT2D eigenvalue weighted by atomic mass is 32.1. The zero-order chi connectivity index (χ0) is 11.8. The Bertz CT molecular complexity index is 552. The number of thiazole rings is 1. The fourth-order valence-corrected chi connectivity index (χ4v) is 3.29. The molecule has 0 amide bonds. The van der Waals surface area contributed by atoms with Gasteiger partial charge in [0.2, 0.25) is 0 Å². The first-order chi connectivity index (χ1) is 8.25. The first kappa shape index (κ1) is 10.8. The Morgan fingerprint density at radius 1 is 1.47 bits per heavy atom. The van der Waals surface area contributed by atoms with Gasteiger partial charge in [-0.25, -0.2) is 9.37 Å². The number of hydrogen-bond acceptors (Lipinski definition) is 4. The van der Waals surface area contributed by atoms with Crippen molar-refractivity contribution in [2.45, 2.75) is 25.3 Å². The fourth-order valence-electron chi connectivity index (χ4n) is 2.12. The molecule has 88 valence electrons. The molecule has 5 heteroatoms. The Labute approximate surface area is 103 Å². The molecule has 2 N–H and O–H groups in total. The van der Waals surface area contributed by atoms with Crippen LogP contribution in [-0.4, -0.2) is 9.97 Å². The maximum atomic E-state index is 13.6. The van der Waals surface area contributed by atoms with E-state index in [-0.39, 0.29) is 11.9 Å². The molecule has 1 unspecified atom stereocenters. The van der Waals surface area contributed by atoms with E-state index >= 15 is 0 Å². The molecule has 3 rings (SSSR count). The minimum absolute atomic E-state index is 0.0647. The molecule has 2 aromatic heterocycles. The van der Waals surface area contributed by atoms with Crippen LogP contribution < -0.4 is 5.73 Å². The monoisotopic (exact) mass is 249 g/mol. The summed E-state index contributed by atoms with van der Waals surface area (Å²) >= 11 is 1.51. The number of fused-ring (bicyclic) bond motifs is 1. The van der Waals surface area contributed by atoms with Crippen molar-refractivity contribution in [3.05, 3.63) is 34.8 Å². The predicted octanol–water partition coefficient (Wildman–Crippen LogP) is 2.68. The third-order valence-corrected chi connectivity index (χ3v) is 4.26. The first-order valence-electron chi connectivity index (χ1n) is 5.61. The fraction of sp³-hybridized carbons (Fsp3) is 0.333. The molecule has 2 aromatic rings. The minimum atomic E-state index is -0.327. The van der Waals surface area contributed by atoms with Crippen LogP contribution in [0.2, 0.25) is 0 Å². The lowest BCUT2D eigenvalue weighted by molar-refractivity contribution is 0.573. The molecule has 3 nitrogen and oxygen atoms in total. The van der Waals surface area contributed by atoms with Crippen molar-refractivity contribution in [1.29, 1.82) is 0 Å². The van der Waals surface area contributed by atoms with Crippen LogP contribution in [0.25, 0.3) is 10.6 Å². The molecule has 0 saturated carbocycles. The molecule has 1 atom stereocenters. The van der Waals surface area contributed by atoms with E-state index < -0.39 is 0 Å². The van der Waals surface area contributed by atoms with E-state index in [2.05, 4.69) is 9.97 Å². The molecule has 0 spiro atoms. The molecule has 0 aliphatic heterocycles. The van der Waals surface area contributed by atoms with Crippen LogP contribution >= 0.6 is 11.3 Å². The van der Waals surface area contributed by atoms with Gasteiger partial charge in [-0.2, -0.15) is 0 Å². The summed E-state index contributed by atoms with van der Waals surface area (Å²) in [6.45, 7) is 0. The Balaban J connectivity index is 2.08. The second-order valence-electron chi connectivity index (χ2n) is 4.18. The lowest BCUT2D eigenvalue weighted by Gasteiger charge is -2.15. The van der Waals surface area contributed by atoms with Crippen LogP contribution in [-0.2, 0) is 6.42 Å². The molecule has 0 bridgehead atoms. The smallest absolute Gasteiger partial charge is 0.151 e. The van der Waals surface area contributed by atoms with E-state index in [1.807, 2.05) is 0 Å². The van der Waals surface area contributed by atoms with Gasteiger partial charge in [0.1, 0.15) is 5.01 Å². The summed E-state index contributed by atoms with van der Waals surface area (Å²) in [7, 11) is 0. The maximum Gasteiger partial charge on any atom is 0.151 e. The van der Waals surface area contributed by atoms with Crippen LogP contribution in [0.5, 0.6) is 0 Å². The van der Waals surface area contributed by atoms with Gasteiger partial charge in [-0.05, 0) is 25.3 Å². The van der Waals surface area contributed by atoms with Crippen molar-refractivity contribution in [2.75, 3.05) is 0 Å². The van der Waals surface area contributed by atoms with Crippen LogP contribution in [0.15, 0.2) is 18.5 Å². The quantitative estimate of drug-likeness (QED) is 0.845. The maximum absolute atomic E-state index is 13.6. The predicted molar refractivity (Wildman–Crippen MR) is 65.2 cm³/mol. The Hall–Kier alpha value is -1.33. The van der Waals surface area contributed by atoms with Gasteiger partial charge in [0.15, 0.2) is 5.82 Å². The van der Waals surface area contributed by atoms with E-state index in [4.69, 9.17) is 5.73 Å². The van der Waals surface area contributed by atoms with E-state index in [0.717, 1.165) is 29.8 Å². The molecule has 2 heterocycles. The Morgan fingerprint density at radius 2 is 2.35 bits per heavy atom. The average Bonchev–Trinajstić information content (AvgIpc) is 2.75. The molecule has 1 aliphatic rings. The van der Waals surface area contributed by atoms with Gasteiger partial charge >= 0.3 is 0 Å². The second kappa shape index (κ2) is 4.16. The Kier molecular flexibility index (Phi) is 2.64. The van der Waals surface area contributed by atoms with Crippen molar-refractivity contribution < 1.29 is 4.39 Å². The van der Waals surface area contributed by atoms with Crippen molar-refractivity contribution >= 4 is 11.3 Å². The molecular weight excluding hydrogens is 237 g/mol. The largest absolute Gasteiger partial charge is 0.323 e. The van der Waals surface area contributed by atoms with Crippen LogP contribution in [0, 0.1) is 5.82 Å². The molecular formula is C12H12FN3S. The third-order valence-electron chi connectivity index (χ3n) is 3.00. The minimum Gasteiger partial charge on any atom is -0.323 e. The summed E-state index contributed by atoms with van der Waals surface area (Å²) < 4.78 is 13.6. The van der Waals surface area contributed by atoms with Gasteiger partial charge in [-0.15, -0.1) is 11.3 Å². The number of nitrogens with two attached hydrogens (primary N) is 1. The molecule has 17 heavy (non-hydrogen) atoms. The number of halogens is 1. The van der Waals surface area contributed by atoms with E-state index in [0.29, 0.717) is 10.6 Å². The third kappa shape index (κ3) is 1.85. The second-order valence-corrected chi connectivity index (χ2v) is 5.21. The summed E-state index contributed by atoms with van der Waals surface area (Å²) in [5.74, 6) is -0.327. The van der Waals surface area contributed by atoms with E-state index in [1.54, 1.807) is 12.3 Å². The topological polar surface area (TPSA) is 51.8 Å². The molecule has 0 saturated heterocycles. The van der Waals surface area contributed by atoms with Crippen molar-refractivity contribution in [3.63, 3.8) is 0 Å². The number of hydrogen-bond donors (Lipinski definition) is 1. The van der Waals surface area contributed by atoms with Crippen molar-refractivity contribution in [3.8, 4) is 10.6 Å². The van der Waals surface area contributed by atoms with E-state index in [1.165, 1.54) is 17.5 Å². The number of rotatable bonds is 1. The average molecular weight is 249 g/mol. The lowest BCUT2D eigenvalue weighted by Crippen LogP contribution is -2.15. The van der Waals surface area contributed by atoms with Gasteiger partial charge in [-0.1, -0.05) is 0 Å². The van der Waals surface area contributed by atoms with Gasteiger partial charge in [0, 0.05) is 22.7 Å². The van der Waals surface area contributed by atoms with Crippen LogP contribution in [0.1, 0.15) is 29.5 Å². The van der Waals surface area contributed by atoms with Crippen molar-refractivity contribution in [2.24, 2.45) is 5.73 Å². The molecule has 0 radical (unpaired) electrons. The Morgan fingerprint density at radius 3 is 3.12 bits per heavy atom. The molecule has 0 aromatic carbocycles. The zero-order valence-electron chi connectivity index (χ0n) is 9.19. The summed E-state index contributed by atoms with van der Waals surface area (Å²) in [6.07, 6.45) is 5.81. The van der Waals surface area contributed by atoms with Gasteiger partial charge in [0.05, 0.1) is 11.9 Å². The van der Waals surface area contributed by atoms with Crippen LogP contribution in [0.4, 0.5) is 4.39 Å². The lowest BCUT2D eigenvalue weighted by atomic mass is 9.99. The summed E-state index contributed by atoms with van der Waals surface area (Å²) in [4.78, 5) is 9.36. The van der Waals surface area contributed by atoms with Crippen LogP contribution in [0.3, 0.4) is 0 Å². The number of aromatic nitrogens is 2. The van der Waals surface area contributed by atoms with Gasteiger partial charge in [-0.3, -0.25) is 4.98 Å². The number of nitrogens with zero attached hydrogens (tertiary/aromatic N) is 2. The summed E-state index contributed by atoms with van der Waals surface area (Å²) in [5.41, 5.74) is 7.60. The molecule has 0 fully saturated rings. The van der Waals surface area contributed by atoms with E-state index in [9.17, 15) is 4.39 Å². The highest BCUT2D eigenvalue weighted by Gasteiger charge is 2.22. The van der Waals surface area contributed by atoms with Crippen molar-refractivity contribution in [1.82, 2.24) is 9.97 Å². The SMILES string of the molecule is NC1CCCc2nc(-c3ccncc3F)sc21. The van der Waals surface area contributed by atoms with Gasteiger partial charge in [0.25, 0.3) is 0 Å². The first-order valence-corrected chi connectivity index (χ1v) is 6.42. The number of aryl methyl sites for hydroxylation is 1. The summed E-state index contributed by atoms with van der Waals surface area (Å²) in [6, 6.07) is 1.72. The standard InChI is InChI=1S/C12H12FN3S/c13-8-6-15-5-4-7(8)12-16-10-3-1-2-9(14)11(10)17-12/h4-6,9H,1-3,14H2. The number of pyridine rings is 1. The normalized spacial score (nSPS) is 19.1. The molecule has 1 aliphatic carbocycles. The summed E-state index contributed by atoms with van der Waals surface area (Å²) in [5, 5.41) is 0.715. The zero-order valence-corrected chi connectivity index (χ0v) is 10.0. The highest BCUT2D eigenvalue weighted by molar-refractivity contribution is 7.15.